The Kier molecular flexibility index (Phi) is 4.70. The van der Waals surface area contributed by atoms with E-state index in [1.807, 2.05) is 30.3 Å². The molecular formula is C17H14N4O4. The number of rotatable bonds is 5. The highest BCUT2D eigenvalue weighted by molar-refractivity contribution is 5.97. The molecular weight excluding hydrogens is 324 g/mol. The number of carboxylic acid groups (broad SMARTS) is 1. The van der Waals surface area contributed by atoms with E-state index in [0.29, 0.717) is 5.69 Å². The van der Waals surface area contributed by atoms with Crippen LogP contribution in [0.3, 0.4) is 0 Å². The molecule has 25 heavy (non-hydrogen) atoms. The molecule has 0 aliphatic carbocycles. The van der Waals surface area contributed by atoms with Gasteiger partial charge in [-0.25, -0.2) is 14.3 Å². The van der Waals surface area contributed by atoms with E-state index in [-0.39, 0.29) is 18.0 Å². The third-order valence-electron chi connectivity index (χ3n) is 3.29. The normalized spacial score (nSPS) is 10.2. The maximum atomic E-state index is 11.9. The van der Waals surface area contributed by atoms with E-state index >= 15 is 0 Å². The second kappa shape index (κ2) is 7.26. The van der Waals surface area contributed by atoms with E-state index in [1.165, 1.54) is 17.1 Å². The zero-order chi connectivity index (χ0) is 17.6. The molecule has 0 aliphatic heterocycles. The number of carbonyl (C=O) groups excluding carboxylic acids is 1. The Labute approximate surface area is 142 Å². The fraction of sp³-hybridized carbons (Fsp3) is 0.0588. The number of ether oxygens (including phenoxy) is 1. The lowest BCUT2D eigenvalue weighted by atomic mass is 10.2. The molecule has 2 heterocycles. The van der Waals surface area contributed by atoms with E-state index in [0.717, 1.165) is 5.56 Å². The SMILES string of the molecule is O=C(Nc1nn(-c2cccnc2)cc1C(=O)O)OCc1ccccc1. The first-order chi connectivity index (χ1) is 12.1. The number of aromatic nitrogens is 3. The fourth-order valence-electron chi connectivity index (χ4n) is 2.10. The second-order valence-electron chi connectivity index (χ2n) is 5.04. The molecule has 0 unspecified atom stereocenters. The quantitative estimate of drug-likeness (QED) is 0.741. The van der Waals surface area contributed by atoms with Crippen LogP contribution in [-0.2, 0) is 11.3 Å². The molecule has 1 amide bonds. The van der Waals surface area contributed by atoms with Crippen LogP contribution in [0.4, 0.5) is 10.6 Å². The predicted molar refractivity (Wildman–Crippen MR) is 88.6 cm³/mol. The summed E-state index contributed by atoms with van der Waals surface area (Å²) in [5, 5.41) is 15.7. The van der Waals surface area contributed by atoms with Gasteiger partial charge < -0.3 is 9.84 Å². The van der Waals surface area contributed by atoms with Crippen molar-refractivity contribution in [2.75, 3.05) is 5.32 Å². The van der Waals surface area contributed by atoms with Gasteiger partial charge in [0.2, 0.25) is 0 Å². The van der Waals surface area contributed by atoms with Crippen molar-refractivity contribution in [2.45, 2.75) is 6.61 Å². The van der Waals surface area contributed by atoms with Gasteiger partial charge in [-0.05, 0) is 17.7 Å². The number of hydrogen-bond acceptors (Lipinski definition) is 5. The minimum absolute atomic E-state index is 0.0678. The Balaban J connectivity index is 1.73. The van der Waals surface area contributed by atoms with Crippen LogP contribution in [0.5, 0.6) is 0 Å². The van der Waals surface area contributed by atoms with Gasteiger partial charge in [-0.15, -0.1) is 5.10 Å². The van der Waals surface area contributed by atoms with E-state index in [2.05, 4.69) is 15.4 Å². The molecule has 0 saturated carbocycles. The number of pyridine rings is 1. The fourth-order valence-corrected chi connectivity index (χ4v) is 2.10. The summed E-state index contributed by atoms with van der Waals surface area (Å²) in [6.45, 7) is 0.0678. The van der Waals surface area contributed by atoms with Gasteiger partial charge in [0, 0.05) is 12.4 Å². The number of hydrogen-bond donors (Lipinski definition) is 2. The summed E-state index contributed by atoms with van der Waals surface area (Å²) in [5.41, 5.74) is 1.23. The third-order valence-corrected chi connectivity index (χ3v) is 3.29. The Bertz CT molecular complexity index is 878. The van der Waals surface area contributed by atoms with Gasteiger partial charge in [0.05, 0.1) is 11.9 Å². The highest BCUT2D eigenvalue weighted by Gasteiger charge is 2.19. The highest BCUT2D eigenvalue weighted by Crippen LogP contribution is 2.17. The van der Waals surface area contributed by atoms with Gasteiger partial charge in [0.1, 0.15) is 12.2 Å². The minimum atomic E-state index is -1.21. The average molecular weight is 338 g/mol. The number of aromatic carboxylic acids is 1. The van der Waals surface area contributed by atoms with Gasteiger partial charge in [-0.2, -0.15) is 0 Å². The average Bonchev–Trinajstić information content (AvgIpc) is 3.06. The topological polar surface area (TPSA) is 106 Å². The van der Waals surface area contributed by atoms with Gasteiger partial charge in [0.25, 0.3) is 0 Å². The van der Waals surface area contributed by atoms with Crippen molar-refractivity contribution in [1.82, 2.24) is 14.8 Å². The van der Waals surface area contributed by atoms with E-state index < -0.39 is 12.1 Å². The van der Waals surface area contributed by atoms with Crippen LogP contribution in [0.1, 0.15) is 15.9 Å². The zero-order valence-electron chi connectivity index (χ0n) is 13.0. The van der Waals surface area contributed by atoms with Crippen LogP contribution in [0.15, 0.2) is 61.1 Å². The molecule has 8 heteroatoms. The molecule has 0 bridgehead atoms. The molecule has 3 rings (SSSR count). The molecule has 0 aliphatic rings. The first-order valence-electron chi connectivity index (χ1n) is 7.34. The first kappa shape index (κ1) is 16.2. The molecule has 3 aromatic rings. The molecule has 0 atom stereocenters. The molecule has 0 radical (unpaired) electrons. The summed E-state index contributed by atoms with van der Waals surface area (Å²) < 4.78 is 6.40. The lowest BCUT2D eigenvalue weighted by Gasteiger charge is -2.05. The second-order valence-corrected chi connectivity index (χ2v) is 5.04. The van der Waals surface area contributed by atoms with Crippen LogP contribution in [-0.4, -0.2) is 31.9 Å². The number of nitrogens with zero attached hydrogens (tertiary/aromatic N) is 3. The van der Waals surface area contributed by atoms with Gasteiger partial charge in [0.15, 0.2) is 5.82 Å². The molecule has 0 fully saturated rings. The number of carboxylic acids is 1. The first-order valence-corrected chi connectivity index (χ1v) is 7.34. The lowest BCUT2D eigenvalue weighted by Crippen LogP contribution is -2.16. The summed E-state index contributed by atoms with van der Waals surface area (Å²) in [5.74, 6) is -1.32. The van der Waals surface area contributed by atoms with Crippen molar-refractivity contribution in [3.8, 4) is 5.69 Å². The number of amides is 1. The van der Waals surface area contributed by atoms with E-state index in [1.54, 1.807) is 18.3 Å². The van der Waals surface area contributed by atoms with Crippen LogP contribution >= 0.6 is 0 Å². The zero-order valence-corrected chi connectivity index (χ0v) is 13.0. The summed E-state index contributed by atoms with van der Waals surface area (Å²) in [4.78, 5) is 27.2. The minimum Gasteiger partial charge on any atom is -0.477 e. The number of benzene rings is 1. The molecule has 2 aromatic heterocycles. The monoisotopic (exact) mass is 338 g/mol. The number of nitrogens with one attached hydrogen (secondary N) is 1. The highest BCUT2D eigenvalue weighted by atomic mass is 16.5. The lowest BCUT2D eigenvalue weighted by molar-refractivity contribution is 0.0698. The Morgan fingerprint density at radius 1 is 1.16 bits per heavy atom. The third kappa shape index (κ3) is 3.99. The van der Waals surface area contributed by atoms with Crippen molar-refractivity contribution in [1.29, 1.82) is 0 Å². The summed E-state index contributed by atoms with van der Waals surface area (Å²) >= 11 is 0. The summed E-state index contributed by atoms with van der Waals surface area (Å²) in [6.07, 6.45) is 3.62. The van der Waals surface area contributed by atoms with Crippen molar-refractivity contribution < 1.29 is 19.4 Å². The molecule has 0 spiro atoms. The summed E-state index contributed by atoms with van der Waals surface area (Å²) in [7, 11) is 0. The largest absolute Gasteiger partial charge is 0.477 e. The number of anilines is 1. The predicted octanol–water partition coefficient (Wildman–Crippen LogP) is 2.71. The standard InChI is InChI=1S/C17H14N4O4/c22-16(23)14-10-21(13-7-4-8-18-9-13)20-15(14)19-17(24)25-11-12-5-2-1-3-6-12/h1-10H,11H2,(H,22,23)(H,19,20,24). The molecule has 126 valence electrons. The van der Waals surface area contributed by atoms with Crippen molar-refractivity contribution in [3.63, 3.8) is 0 Å². The summed E-state index contributed by atoms with van der Waals surface area (Å²) in [6, 6.07) is 12.5. The number of carbonyl (C=O) groups is 2. The van der Waals surface area contributed by atoms with Crippen molar-refractivity contribution in [2.24, 2.45) is 0 Å². The van der Waals surface area contributed by atoms with Crippen LogP contribution < -0.4 is 5.32 Å². The molecule has 1 aromatic carbocycles. The van der Waals surface area contributed by atoms with Crippen LogP contribution in [0.2, 0.25) is 0 Å². The Morgan fingerprint density at radius 3 is 2.64 bits per heavy atom. The van der Waals surface area contributed by atoms with E-state index in [4.69, 9.17) is 4.74 Å². The van der Waals surface area contributed by atoms with Gasteiger partial charge >= 0.3 is 12.1 Å². The maximum Gasteiger partial charge on any atom is 0.413 e. The molecule has 0 saturated heterocycles. The van der Waals surface area contributed by atoms with Crippen molar-refractivity contribution in [3.05, 3.63) is 72.2 Å². The molecule has 8 nitrogen and oxygen atoms in total. The molecule has 2 N–H and O–H groups in total. The van der Waals surface area contributed by atoms with Gasteiger partial charge in [-0.1, -0.05) is 30.3 Å². The maximum absolute atomic E-state index is 11.9. The van der Waals surface area contributed by atoms with Gasteiger partial charge in [-0.3, -0.25) is 10.3 Å². The van der Waals surface area contributed by atoms with E-state index in [9.17, 15) is 14.7 Å². The van der Waals surface area contributed by atoms with Crippen molar-refractivity contribution >= 4 is 17.9 Å². The Morgan fingerprint density at radius 2 is 1.96 bits per heavy atom. The smallest absolute Gasteiger partial charge is 0.413 e. The van der Waals surface area contributed by atoms with Crippen LogP contribution in [0, 0.1) is 0 Å². The van der Waals surface area contributed by atoms with Crippen LogP contribution in [0.25, 0.3) is 5.69 Å². The Hall–Kier alpha value is -3.68.